The number of aromatic nitrogens is 2. The monoisotopic (exact) mass is 488 g/mol. The van der Waals surface area contributed by atoms with Crippen molar-refractivity contribution >= 4 is 23.7 Å². The minimum Gasteiger partial charge on any atom is -0.462 e. The Hall–Kier alpha value is -3.30. The Morgan fingerprint density at radius 2 is 1.77 bits per heavy atom. The molecule has 192 valence electrons. The number of hydrogen-bond donors (Lipinski definition) is 1. The van der Waals surface area contributed by atoms with Gasteiger partial charge in [0.15, 0.2) is 0 Å². The van der Waals surface area contributed by atoms with E-state index >= 15 is 0 Å². The van der Waals surface area contributed by atoms with Crippen molar-refractivity contribution in [3.05, 3.63) is 35.7 Å². The molecule has 0 spiro atoms. The maximum atomic E-state index is 12.7. The number of hydrogen-bond acceptors (Lipinski definition) is 7. The maximum Gasteiger partial charge on any atom is 0.410 e. The molecule has 0 aliphatic carbocycles. The fourth-order valence-corrected chi connectivity index (χ4v) is 3.93. The van der Waals surface area contributed by atoms with Gasteiger partial charge in [-0.2, -0.15) is 5.10 Å². The lowest BCUT2D eigenvalue weighted by Gasteiger charge is -2.38. The van der Waals surface area contributed by atoms with Gasteiger partial charge in [-0.3, -0.25) is 0 Å². The van der Waals surface area contributed by atoms with Crippen LogP contribution in [0.25, 0.3) is 5.52 Å². The molecular formula is C25H36N4O6. The SMILES string of the molecule is CCOC(=O)c1ccc2cc(C3CCN(C(=O)OC(C)(C)C)CC3NC(=O)OC(C)(C)C)nn2c1. The summed E-state index contributed by atoms with van der Waals surface area (Å²) < 4.78 is 17.7. The maximum absolute atomic E-state index is 12.7. The van der Waals surface area contributed by atoms with Gasteiger partial charge < -0.3 is 24.4 Å². The van der Waals surface area contributed by atoms with Crippen LogP contribution < -0.4 is 5.32 Å². The standard InChI is InChI=1S/C25H36N4O6/c1-8-33-21(30)16-9-10-17-13-19(27-29(17)14-16)18-11-12-28(23(32)35-25(5,6)7)15-20(18)26-22(31)34-24(2,3)4/h9-10,13-14,18,20H,8,11-12,15H2,1-7H3,(H,26,31). The van der Waals surface area contributed by atoms with Crippen LogP contribution in [0.3, 0.4) is 0 Å². The number of ether oxygens (including phenoxy) is 3. The van der Waals surface area contributed by atoms with Crippen LogP contribution in [0.15, 0.2) is 24.4 Å². The summed E-state index contributed by atoms with van der Waals surface area (Å²) in [6.07, 6.45) is 1.20. The molecule has 0 radical (unpaired) electrons. The number of nitrogens with one attached hydrogen (secondary N) is 1. The number of fused-ring (bicyclic) bond motifs is 1. The molecule has 1 saturated heterocycles. The van der Waals surface area contributed by atoms with Crippen LogP contribution in [-0.2, 0) is 14.2 Å². The van der Waals surface area contributed by atoms with E-state index < -0.39 is 35.4 Å². The third-order valence-corrected chi connectivity index (χ3v) is 5.34. The molecule has 1 aliphatic rings. The molecule has 2 unspecified atom stereocenters. The number of likely N-dealkylation sites (tertiary alicyclic amines) is 1. The van der Waals surface area contributed by atoms with E-state index in [1.807, 2.05) is 26.8 Å². The number of carbonyl (C=O) groups excluding carboxylic acids is 3. The van der Waals surface area contributed by atoms with Crippen molar-refractivity contribution < 1.29 is 28.6 Å². The van der Waals surface area contributed by atoms with E-state index in [0.29, 0.717) is 18.5 Å². The van der Waals surface area contributed by atoms with Crippen molar-refractivity contribution in [1.29, 1.82) is 0 Å². The average molecular weight is 489 g/mol. The van der Waals surface area contributed by atoms with Crippen molar-refractivity contribution in [3.63, 3.8) is 0 Å². The zero-order chi connectivity index (χ0) is 26.0. The van der Waals surface area contributed by atoms with E-state index in [9.17, 15) is 14.4 Å². The molecule has 1 N–H and O–H groups in total. The average Bonchev–Trinajstić information content (AvgIpc) is 3.14. The number of rotatable bonds is 4. The summed E-state index contributed by atoms with van der Waals surface area (Å²) in [5.74, 6) is -0.589. The molecule has 10 nitrogen and oxygen atoms in total. The topological polar surface area (TPSA) is 111 Å². The van der Waals surface area contributed by atoms with Crippen molar-refractivity contribution in [2.45, 2.75) is 78.0 Å². The highest BCUT2D eigenvalue weighted by molar-refractivity contribution is 5.89. The van der Waals surface area contributed by atoms with E-state index in [2.05, 4.69) is 10.4 Å². The van der Waals surface area contributed by atoms with Crippen molar-refractivity contribution in [2.24, 2.45) is 0 Å². The molecule has 10 heteroatoms. The molecule has 35 heavy (non-hydrogen) atoms. The van der Waals surface area contributed by atoms with E-state index in [-0.39, 0.29) is 19.1 Å². The van der Waals surface area contributed by atoms with Gasteiger partial charge >= 0.3 is 18.2 Å². The van der Waals surface area contributed by atoms with Crippen LogP contribution >= 0.6 is 0 Å². The van der Waals surface area contributed by atoms with Crippen molar-refractivity contribution in [3.8, 4) is 0 Å². The number of piperidine rings is 1. The minimum absolute atomic E-state index is 0.174. The Kier molecular flexibility index (Phi) is 7.62. The molecule has 2 amide bonds. The second-order valence-electron chi connectivity index (χ2n) is 10.7. The lowest BCUT2D eigenvalue weighted by molar-refractivity contribution is 0.0141. The first kappa shape index (κ1) is 26.3. The highest BCUT2D eigenvalue weighted by Gasteiger charge is 2.37. The zero-order valence-electron chi connectivity index (χ0n) is 21.6. The number of esters is 1. The first-order valence-electron chi connectivity index (χ1n) is 11.9. The molecule has 3 heterocycles. The van der Waals surface area contributed by atoms with Crippen LogP contribution in [0.5, 0.6) is 0 Å². The molecule has 1 aliphatic heterocycles. The van der Waals surface area contributed by atoms with Crippen molar-refractivity contribution in [1.82, 2.24) is 19.8 Å². The number of nitrogens with zero attached hydrogens (tertiary/aromatic N) is 3. The predicted molar refractivity (Wildman–Crippen MR) is 129 cm³/mol. The fraction of sp³-hybridized carbons (Fsp3) is 0.600. The Balaban J connectivity index is 1.86. The van der Waals surface area contributed by atoms with Gasteiger partial charge in [0.05, 0.1) is 29.4 Å². The molecule has 1 fully saturated rings. The summed E-state index contributed by atoms with van der Waals surface area (Å²) in [7, 11) is 0. The van der Waals surface area contributed by atoms with Gasteiger partial charge in [-0.05, 0) is 73.1 Å². The number of alkyl carbamates (subject to hydrolysis) is 1. The first-order chi connectivity index (χ1) is 16.3. The second kappa shape index (κ2) is 10.1. The van der Waals surface area contributed by atoms with Crippen LogP contribution in [0.4, 0.5) is 9.59 Å². The summed E-state index contributed by atoms with van der Waals surface area (Å²) in [6.45, 7) is 13.6. The Morgan fingerprint density at radius 1 is 1.09 bits per heavy atom. The third kappa shape index (κ3) is 7.10. The van der Waals surface area contributed by atoms with Gasteiger partial charge in [-0.15, -0.1) is 0 Å². The van der Waals surface area contributed by atoms with Crippen LogP contribution in [0.1, 0.15) is 76.9 Å². The minimum atomic E-state index is -0.661. The number of pyridine rings is 1. The summed E-state index contributed by atoms with van der Waals surface area (Å²) >= 11 is 0. The molecule has 3 rings (SSSR count). The van der Waals surface area contributed by atoms with Crippen LogP contribution in [-0.4, -0.2) is 69.6 Å². The number of carbonyl (C=O) groups is 3. The summed E-state index contributed by atoms with van der Waals surface area (Å²) in [6, 6.07) is 4.97. The van der Waals surface area contributed by atoms with Gasteiger partial charge in [-0.25, -0.2) is 18.9 Å². The van der Waals surface area contributed by atoms with Crippen LogP contribution in [0, 0.1) is 0 Å². The fourth-order valence-electron chi connectivity index (χ4n) is 3.93. The van der Waals surface area contributed by atoms with Crippen molar-refractivity contribution in [2.75, 3.05) is 19.7 Å². The molecule has 2 aromatic heterocycles. The van der Waals surface area contributed by atoms with Gasteiger partial charge in [0.1, 0.15) is 11.2 Å². The van der Waals surface area contributed by atoms with Gasteiger partial charge in [0.2, 0.25) is 0 Å². The van der Waals surface area contributed by atoms with Gasteiger partial charge in [0.25, 0.3) is 0 Å². The van der Waals surface area contributed by atoms with E-state index in [4.69, 9.17) is 14.2 Å². The molecule has 0 saturated carbocycles. The Bertz CT molecular complexity index is 1080. The lowest BCUT2D eigenvalue weighted by Crippen LogP contribution is -2.54. The Morgan fingerprint density at radius 3 is 2.40 bits per heavy atom. The predicted octanol–water partition coefficient (Wildman–Crippen LogP) is 4.13. The molecule has 0 bridgehead atoms. The van der Waals surface area contributed by atoms with Gasteiger partial charge in [-0.1, -0.05) is 0 Å². The second-order valence-corrected chi connectivity index (χ2v) is 10.7. The lowest BCUT2D eigenvalue weighted by atomic mass is 9.88. The van der Waals surface area contributed by atoms with E-state index in [1.165, 1.54) is 0 Å². The smallest absolute Gasteiger partial charge is 0.410 e. The summed E-state index contributed by atoms with van der Waals surface area (Å²) in [4.78, 5) is 39.0. The number of amides is 2. The largest absolute Gasteiger partial charge is 0.462 e. The summed E-state index contributed by atoms with van der Waals surface area (Å²) in [5, 5.41) is 7.61. The zero-order valence-corrected chi connectivity index (χ0v) is 21.6. The quantitative estimate of drug-likeness (QED) is 0.509. The molecular weight excluding hydrogens is 452 g/mol. The first-order valence-corrected chi connectivity index (χ1v) is 11.9. The van der Waals surface area contributed by atoms with E-state index in [1.54, 1.807) is 55.4 Å². The molecule has 0 aromatic carbocycles. The normalized spacial score (nSPS) is 18.8. The molecule has 2 atom stereocenters. The van der Waals surface area contributed by atoms with Crippen LogP contribution in [0.2, 0.25) is 0 Å². The summed E-state index contributed by atoms with van der Waals surface area (Å²) in [5.41, 5.74) is 0.665. The highest BCUT2D eigenvalue weighted by Crippen LogP contribution is 2.30. The Labute approximate surface area is 205 Å². The van der Waals surface area contributed by atoms with E-state index in [0.717, 1.165) is 11.2 Å². The van der Waals surface area contributed by atoms with Gasteiger partial charge in [0, 0.05) is 25.2 Å². The third-order valence-electron chi connectivity index (χ3n) is 5.34. The highest BCUT2D eigenvalue weighted by atomic mass is 16.6. The molecule has 2 aromatic rings.